The number of nitrogens with two attached hydrogens (primary N) is 1. The third-order valence-corrected chi connectivity index (χ3v) is 1.94. The Morgan fingerprint density at radius 1 is 1.43 bits per heavy atom. The maximum Gasteiger partial charge on any atom is 0.250 e. The number of rotatable bonds is 4. The number of hydrogen-bond donors (Lipinski definition) is 1. The molecule has 74 valence electrons. The molecule has 0 fully saturated rings. The van der Waals surface area contributed by atoms with Crippen LogP contribution in [0.1, 0.15) is 19.3 Å². The van der Waals surface area contributed by atoms with Crippen molar-refractivity contribution in [2.24, 2.45) is 0 Å². The van der Waals surface area contributed by atoms with Crippen LogP contribution in [0.25, 0.3) is 0 Å². The number of nitriles is 1. The van der Waals surface area contributed by atoms with Gasteiger partial charge >= 0.3 is 0 Å². The molecule has 0 aliphatic heterocycles. The van der Waals surface area contributed by atoms with Crippen LogP contribution in [0.2, 0.25) is 0 Å². The maximum absolute atomic E-state index is 11.3. The summed E-state index contributed by atoms with van der Waals surface area (Å²) in [6.45, 7) is 0.631. The van der Waals surface area contributed by atoms with E-state index < -0.39 is 0 Å². The molecule has 4 nitrogen and oxygen atoms in total. The van der Waals surface area contributed by atoms with Gasteiger partial charge in [-0.05, 0) is 18.9 Å². The van der Waals surface area contributed by atoms with E-state index in [1.807, 2.05) is 0 Å². The highest BCUT2D eigenvalue weighted by molar-refractivity contribution is 5.33. The second-order valence-corrected chi connectivity index (χ2v) is 3.11. The molecule has 0 aromatic carbocycles. The molecule has 0 atom stereocenters. The lowest BCUT2D eigenvalue weighted by molar-refractivity contribution is 0.600. The molecule has 1 aromatic heterocycles. The third kappa shape index (κ3) is 2.94. The summed E-state index contributed by atoms with van der Waals surface area (Å²) in [6, 6.07) is 5.12. The quantitative estimate of drug-likeness (QED) is 0.725. The van der Waals surface area contributed by atoms with Crippen molar-refractivity contribution in [1.82, 2.24) is 4.57 Å². The summed E-state index contributed by atoms with van der Waals surface area (Å²) in [5.41, 5.74) is 6.09. The first-order valence-corrected chi connectivity index (χ1v) is 4.57. The number of nitrogens with zero attached hydrogens (tertiary/aromatic N) is 2. The molecule has 14 heavy (non-hydrogen) atoms. The minimum absolute atomic E-state index is 0.0452. The number of hydrogen-bond acceptors (Lipinski definition) is 3. The molecule has 1 rings (SSSR count). The van der Waals surface area contributed by atoms with Gasteiger partial charge in [0.2, 0.25) is 0 Å². The summed E-state index contributed by atoms with van der Waals surface area (Å²) >= 11 is 0. The molecule has 0 aliphatic carbocycles. The zero-order valence-corrected chi connectivity index (χ0v) is 7.94. The van der Waals surface area contributed by atoms with E-state index in [1.165, 1.54) is 6.07 Å². The number of pyridine rings is 1. The van der Waals surface area contributed by atoms with Crippen molar-refractivity contribution in [3.63, 3.8) is 0 Å². The average Bonchev–Trinajstić information content (AvgIpc) is 2.18. The largest absolute Gasteiger partial charge is 0.398 e. The van der Waals surface area contributed by atoms with Crippen LogP contribution in [0, 0.1) is 11.3 Å². The van der Waals surface area contributed by atoms with E-state index in [0.29, 0.717) is 18.7 Å². The molecule has 0 amide bonds. The van der Waals surface area contributed by atoms with Crippen LogP contribution in [0.15, 0.2) is 23.1 Å². The van der Waals surface area contributed by atoms with Crippen LogP contribution >= 0.6 is 0 Å². The minimum Gasteiger partial charge on any atom is -0.398 e. The summed E-state index contributed by atoms with van der Waals surface area (Å²) in [6.07, 6.45) is 3.82. The van der Waals surface area contributed by atoms with Crippen molar-refractivity contribution in [2.75, 3.05) is 5.73 Å². The standard InChI is InChI=1S/C10H13N3O/c11-6-2-1-3-7-13-8-9(12)4-5-10(13)14/h4-5,8H,1-3,7,12H2. The van der Waals surface area contributed by atoms with Gasteiger partial charge < -0.3 is 10.3 Å². The van der Waals surface area contributed by atoms with E-state index in [-0.39, 0.29) is 5.56 Å². The Kier molecular flexibility index (Phi) is 3.74. The summed E-state index contributed by atoms with van der Waals surface area (Å²) < 4.78 is 1.58. The first kappa shape index (κ1) is 10.3. The molecule has 0 saturated carbocycles. The fourth-order valence-electron chi connectivity index (χ4n) is 1.21. The van der Waals surface area contributed by atoms with Gasteiger partial charge in [-0.2, -0.15) is 5.26 Å². The van der Waals surface area contributed by atoms with Gasteiger partial charge in [-0.25, -0.2) is 0 Å². The van der Waals surface area contributed by atoms with Crippen molar-refractivity contribution >= 4 is 5.69 Å². The molecule has 0 radical (unpaired) electrons. The summed E-state index contributed by atoms with van der Waals surface area (Å²) in [7, 11) is 0. The summed E-state index contributed by atoms with van der Waals surface area (Å²) in [5.74, 6) is 0. The normalized spacial score (nSPS) is 9.64. The van der Waals surface area contributed by atoms with Crippen molar-refractivity contribution in [3.8, 4) is 6.07 Å². The third-order valence-electron chi connectivity index (χ3n) is 1.94. The van der Waals surface area contributed by atoms with Crippen molar-refractivity contribution in [1.29, 1.82) is 5.26 Å². The molecule has 4 heteroatoms. The van der Waals surface area contributed by atoms with Gasteiger partial charge in [0.15, 0.2) is 0 Å². The van der Waals surface area contributed by atoms with Gasteiger partial charge in [0.05, 0.1) is 6.07 Å². The zero-order chi connectivity index (χ0) is 10.4. The minimum atomic E-state index is -0.0452. The van der Waals surface area contributed by atoms with Crippen LogP contribution in [0.4, 0.5) is 5.69 Å². The maximum atomic E-state index is 11.3. The second kappa shape index (κ2) is 5.07. The Hall–Kier alpha value is -1.76. The Bertz CT molecular complexity index is 389. The van der Waals surface area contributed by atoms with Gasteiger partial charge in [-0.15, -0.1) is 0 Å². The SMILES string of the molecule is N#CCCCCn1cc(N)ccc1=O. The Morgan fingerprint density at radius 3 is 2.93 bits per heavy atom. The second-order valence-electron chi connectivity index (χ2n) is 3.11. The lowest BCUT2D eigenvalue weighted by Gasteiger charge is -2.04. The first-order chi connectivity index (χ1) is 6.74. The molecular weight excluding hydrogens is 178 g/mol. The highest BCUT2D eigenvalue weighted by Gasteiger charge is 1.95. The van der Waals surface area contributed by atoms with E-state index in [2.05, 4.69) is 6.07 Å². The lowest BCUT2D eigenvalue weighted by atomic mass is 10.2. The monoisotopic (exact) mass is 191 g/mol. The molecule has 0 saturated heterocycles. The van der Waals surface area contributed by atoms with Crippen LogP contribution in [0.5, 0.6) is 0 Å². The fourth-order valence-corrected chi connectivity index (χ4v) is 1.21. The van der Waals surface area contributed by atoms with E-state index in [1.54, 1.807) is 16.8 Å². The number of aromatic nitrogens is 1. The number of anilines is 1. The van der Waals surface area contributed by atoms with Crippen molar-refractivity contribution < 1.29 is 0 Å². The van der Waals surface area contributed by atoms with Crippen LogP contribution in [-0.4, -0.2) is 4.57 Å². The van der Waals surface area contributed by atoms with Crippen LogP contribution in [-0.2, 0) is 6.54 Å². The van der Waals surface area contributed by atoms with E-state index in [9.17, 15) is 4.79 Å². The lowest BCUT2D eigenvalue weighted by Crippen LogP contribution is -2.18. The number of unbranched alkanes of at least 4 members (excludes halogenated alkanes) is 2. The van der Waals surface area contributed by atoms with Crippen LogP contribution in [0.3, 0.4) is 0 Å². The summed E-state index contributed by atoms with van der Waals surface area (Å²) in [5, 5.41) is 8.32. The number of nitrogen functional groups attached to an aromatic ring is 1. The van der Waals surface area contributed by atoms with Gasteiger partial charge in [0.25, 0.3) is 5.56 Å². The van der Waals surface area contributed by atoms with Crippen molar-refractivity contribution in [2.45, 2.75) is 25.8 Å². The Balaban J connectivity index is 2.55. The van der Waals surface area contributed by atoms with E-state index in [0.717, 1.165) is 12.8 Å². The van der Waals surface area contributed by atoms with Gasteiger partial charge in [-0.1, -0.05) is 0 Å². The average molecular weight is 191 g/mol. The highest BCUT2D eigenvalue weighted by Crippen LogP contribution is 2.00. The Labute approximate surface area is 82.6 Å². The predicted octanol–water partition coefficient (Wildman–Crippen LogP) is 1.12. The zero-order valence-electron chi connectivity index (χ0n) is 7.94. The molecular formula is C10H13N3O. The molecule has 0 bridgehead atoms. The van der Waals surface area contributed by atoms with Gasteiger partial charge in [-0.3, -0.25) is 4.79 Å². The molecule has 1 heterocycles. The summed E-state index contributed by atoms with van der Waals surface area (Å²) in [4.78, 5) is 11.3. The van der Waals surface area contributed by atoms with Gasteiger partial charge in [0.1, 0.15) is 0 Å². The predicted molar refractivity (Wildman–Crippen MR) is 54.6 cm³/mol. The fraction of sp³-hybridized carbons (Fsp3) is 0.400. The Morgan fingerprint density at radius 2 is 2.21 bits per heavy atom. The molecule has 1 aromatic rings. The number of aryl methyl sites for hydroxylation is 1. The highest BCUT2D eigenvalue weighted by atomic mass is 16.1. The topological polar surface area (TPSA) is 71.8 Å². The van der Waals surface area contributed by atoms with E-state index >= 15 is 0 Å². The molecule has 0 aliphatic rings. The van der Waals surface area contributed by atoms with Gasteiger partial charge in [0, 0.05) is 30.9 Å². The molecule has 0 unspecified atom stereocenters. The first-order valence-electron chi connectivity index (χ1n) is 4.57. The smallest absolute Gasteiger partial charge is 0.250 e. The molecule has 2 N–H and O–H groups in total. The van der Waals surface area contributed by atoms with Crippen LogP contribution < -0.4 is 11.3 Å². The molecule has 0 spiro atoms. The van der Waals surface area contributed by atoms with Crippen molar-refractivity contribution in [3.05, 3.63) is 28.7 Å². The van der Waals surface area contributed by atoms with E-state index in [4.69, 9.17) is 11.0 Å².